The molecule has 0 atom stereocenters. The molecule has 110 valence electrons. The van der Waals surface area contributed by atoms with Crippen LogP contribution in [0.2, 0.25) is 0 Å². The zero-order chi connectivity index (χ0) is 14.8. The molecule has 0 amide bonds. The highest BCUT2D eigenvalue weighted by Crippen LogP contribution is 2.24. The maximum Gasteiger partial charge on any atom is 0.338 e. The summed E-state index contributed by atoms with van der Waals surface area (Å²) in [6, 6.07) is 5.29. The molecule has 1 N–H and O–H groups in total. The predicted molar refractivity (Wildman–Crippen MR) is 76.8 cm³/mol. The molecule has 1 aromatic rings. The zero-order valence-corrected chi connectivity index (χ0v) is 12.0. The fourth-order valence-electron chi connectivity index (χ4n) is 1.86. The summed E-state index contributed by atoms with van der Waals surface area (Å²) in [5.41, 5.74) is 1.28. The van der Waals surface area contributed by atoms with Crippen molar-refractivity contribution in [2.24, 2.45) is 5.16 Å². The molecule has 5 nitrogen and oxygen atoms in total. The van der Waals surface area contributed by atoms with Crippen LogP contribution in [-0.2, 0) is 11.2 Å². The summed E-state index contributed by atoms with van der Waals surface area (Å²) < 4.78 is 10.5. The fraction of sp³-hybridized carbons (Fsp3) is 0.467. The number of carbonyl (C=O) groups is 1. The molecule has 0 fully saturated rings. The SMILES string of the molecule is CCCCOC(=O)c1cccc(OC)c1CC/C=N/O. The van der Waals surface area contributed by atoms with E-state index in [1.807, 2.05) is 6.92 Å². The van der Waals surface area contributed by atoms with Gasteiger partial charge >= 0.3 is 5.97 Å². The molecule has 0 bridgehead atoms. The third-order valence-electron chi connectivity index (χ3n) is 2.91. The first-order chi connectivity index (χ1) is 9.74. The lowest BCUT2D eigenvalue weighted by Crippen LogP contribution is -2.10. The molecule has 5 heteroatoms. The van der Waals surface area contributed by atoms with Crippen molar-refractivity contribution < 1.29 is 19.5 Å². The number of benzene rings is 1. The highest BCUT2D eigenvalue weighted by Gasteiger charge is 2.16. The number of hydrogen-bond donors (Lipinski definition) is 1. The monoisotopic (exact) mass is 279 g/mol. The van der Waals surface area contributed by atoms with Crippen LogP contribution in [0, 0.1) is 0 Å². The van der Waals surface area contributed by atoms with Crippen molar-refractivity contribution in [1.82, 2.24) is 0 Å². The van der Waals surface area contributed by atoms with Gasteiger partial charge in [0.2, 0.25) is 0 Å². The second-order valence-corrected chi connectivity index (χ2v) is 4.31. The van der Waals surface area contributed by atoms with Crippen LogP contribution < -0.4 is 4.74 Å². The minimum atomic E-state index is -0.340. The van der Waals surface area contributed by atoms with Crippen molar-refractivity contribution in [1.29, 1.82) is 0 Å². The Labute approximate surface area is 119 Å². The summed E-state index contributed by atoms with van der Waals surface area (Å²) in [7, 11) is 1.56. The van der Waals surface area contributed by atoms with Gasteiger partial charge in [0.25, 0.3) is 0 Å². The number of oxime groups is 1. The maximum absolute atomic E-state index is 12.1. The Bertz CT molecular complexity index is 457. The Balaban J connectivity index is 2.89. The first kappa shape index (κ1) is 16.0. The van der Waals surface area contributed by atoms with Gasteiger partial charge in [-0.3, -0.25) is 0 Å². The molecule has 20 heavy (non-hydrogen) atoms. The number of carbonyl (C=O) groups excluding carboxylic acids is 1. The Morgan fingerprint density at radius 2 is 2.25 bits per heavy atom. The first-order valence-corrected chi connectivity index (χ1v) is 6.73. The van der Waals surface area contributed by atoms with Crippen LogP contribution in [0.25, 0.3) is 0 Å². The smallest absolute Gasteiger partial charge is 0.338 e. The van der Waals surface area contributed by atoms with E-state index in [0.29, 0.717) is 30.8 Å². The summed E-state index contributed by atoms with van der Waals surface area (Å²) >= 11 is 0. The molecular weight excluding hydrogens is 258 g/mol. The highest BCUT2D eigenvalue weighted by atomic mass is 16.5. The van der Waals surface area contributed by atoms with Gasteiger partial charge in [-0.1, -0.05) is 19.4 Å². The molecule has 1 aromatic carbocycles. The van der Waals surface area contributed by atoms with Gasteiger partial charge in [0.15, 0.2) is 0 Å². The summed E-state index contributed by atoms with van der Waals surface area (Å²) in [5.74, 6) is 0.301. The second-order valence-electron chi connectivity index (χ2n) is 4.31. The summed E-state index contributed by atoms with van der Waals surface area (Å²) in [4.78, 5) is 12.1. The second kappa shape index (κ2) is 8.96. The van der Waals surface area contributed by atoms with Crippen LogP contribution >= 0.6 is 0 Å². The average molecular weight is 279 g/mol. The van der Waals surface area contributed by atoms with E-state index in [9.17, 15) is 4.79 Å². The van der Waals surface area contributed by atoms with E-state index in [1.165, 1.54) is 6.21 Å². The van der Waals surface area contributed by atoms with Gasteiger partial charge in [0.1, 0.15) is 5.75 Å². The van der Waals surface area contributed by atoms with Crippen LogP contribution in [0.15, 0.2) is 23.4 Å². The molecule has 0 radical (unpaired) electrons. The van der Waals surface area contributed by atoms with E-state index in [0.717, 1.165) is 18.4 Å². The third kappa shape index (κ3) is 4.57. The van der Waals surface area contributed by atoms with Crippen LogP contribution in [0.5, 0.6) is 5.75 Å². The lowest BCUT2D eigenvalue weighted by molar-refractivity contribution is 0.0498. The van der Waals surface area contributed by atoms with Crippen molar-refractivity contribution >= 4 is 12.2 Å². The van der Waals surface area contributed by atoms with Gasteiger partial charge in [0, 0.05) is 11.8 Å². The largest absolute Gasteiger partial charge is 0.496 e. The number of hydrogen-bond acceptors (Lipinski definition) is 5. The van der Waals surface area contributed by atoms with Crippen molar-refractivity contribution in [2.75, 3.05) is 13.7 Å². The van der Waals surface area contributed by atoms with E-state index in [1.54, 1.807) is 25.3 Å². The Kier molecular flexibility index (Phi) is 7.17. The van der Waals surface area contributed by atoms with Crippen LogP contribution in [0.1, 0.15) is 42.1 Å². The minimum absolute atomic E-state index is 0.340. The molecule has 0 aliphatic carbocycles. The summed E-state index contributed by atoms with van der Waals surface area (Å²) in [6.45, 7) is 2.46. The highest BCUT2D eigenvalue weighted by molar-refractivity contribution is 5.92. The lowest BCUT2D eigenvalue weighted by Gasteiger charge is -2.12. The topological polar surface area (TPSA) is 68.1 Å². The summed E-state index contributed by atoms with van der Waals surface area (Å²) in [5, 5.41) is 11.4. The number of ether oxygens (including phenoxy) is 2. The molecule has 0 aromatic heterocycles. The first-order valence-electron chi connectivity index (χ1n) is 6.73. The van der Waals surface area contributed by atoms with Crippen molar-refractivity contribution in [3.63, 3.8) is 0 Å². The van der Waals surface area contributed by atoms with Gasteiger partial charge in [-0.15, -0.1) is 5.16 Å². The molecule has 0 heterocycles. The predicted octanol–water partition coefficient (Wildman–Crippen LogP) is 3.04. The molecule has 0 saturated heterocycles. The van der Waals surface area contributed by atoms with E-state index in [4.69, 9.17) is 14.7 Å². The number of unbranched alkanes of at least 4 members (excludes halogenated alkanes) is 1. The molecule has 0 saturated carbocycles. The summed E-state index contributed by atoms with van der Waals surface area (Å²) in [6.07, 6.45) is 4.28. The van der Waals surface area contributed by atoms with Crippen molar-refractivity contribution in [3.05, 3.63) is 29.3 Å². The molecule has 0 unspecified atom stereocenters. The minimum Gasteiger partial charge on any atom is -0.496 e. The zero-order valence-electron chi connectivity index (χ0n) is 12.0. The number of nitrogens with zero attached hydrogens (tertiary/aromatic N) is 1. The van der Waals surface area contributed by atoms with Gasteiger partial charge in [-0.05, 0) is 31.4 Å². The Morgan fingerprint density at radius 1 is 1.45 bits per heavy atom. The Hall–Kier alpha value is -2.04. The number of methoxy groups -OCH3 is 1. The van der Waals surface area contributed by atoms with E-state index in [2.05, 4.69) is 5.16 Å². The number of rotatable bonds is 8. The normalized spacial score (nSPS) is 10.7. The van der Waals surface area contributed by atoms with E-state index < -0.39 is 0 Å². The van der Waals surface area contributed by atoms with Crippen LogP contribution in [0.4, 0.5) is 0 Å². The van der Waals surface area contributed by atoms with Gasteiger partial charge in [0.05, 0.1) is 19.3 Å². The molecular formula is C15H21NO4. The number of esters is 1. The van der Waals surface area contributed by atoms with Crippen molar-refractivity contribution in [2.45, 2.75) is 32.6 Å². The van der Waals surface area contributed by atoms with Crippen molar-refractivity contribution in [3.8, 4) is 5.75 Å². The van der Waals surface area contributed by atoms with Gasteiger partial charge in [-0.25, -0.2) is 4.79 Å². The standard InChI is InChI=1S/C15H21NO4/c1-3-4-11-20-15(17)13-7-5-9-14(19-2)12(13)8-6-10-16-18/h5,7,9-10,18H,3-4,6,8,11H2,1-2H3/b16-10+. The molecule has 0 aliphatic rings. The maximum atomic E-state index is 12.1. The third-order valence-corrected chi connectivity index (χ3v) is 2.91. The van der Waals surface area contributed by atoms with Gasteiger partial charge < -0.3 is 14.7 Å². The molecule has 1 rings (SSSR count). The molecule has 0 aliphatic heterocycles. The fourth-order valence-corrected chi connectivity index (χ4v) is 1.86. The average Bonchev–Trinajstić information content (AvgIpc) is 2.47. The molecule has 0 spiro atoms. The van der Waals surface area contributed by atoms with Crippen LogP contribution in [-0.4, -0.2) is 31.1 Å². The Morgan fingerprint density at radius 3 is 2.90 bits per heavy atom. The lowest BCUT2D eigenvalue weighted by atomic mass is 10.0. The quantitative estimate of drug-likeness (QED) is 0.261. The van der Waals surface area contributed by atoms with Gasteiger partial charge in [-0.2, -0.15) is 0 Å². The van der Waals surface area contributed by atoms with E-state index in [-0.39, 0.29) is 5.97 Å². The van der Waals surface area contributed by atoms with E-state index >= 15 is 0 Å². The van der Waals surface area contributed by atoms with Crippen LogP contribution in [0.3, 0.4) is 0 Å².